The molecule has 0 bridgehead atoms. The molecule has 1 aromatic heterocycles. The third-order valence-corrected chi connectivity index (χ3v) is 6.17. The van der Waals surface area contributed by atoms with Crippen LogP contribution in [0, 0.1) is 0 Å². The largest absolute Gasteiger partial charge is 0.489 e. The molecule has 2 aromatic carbocycles. The lowest BCUT2D eigenvalue weighted by atomic mass is 9.97. The van der Waals surface area contributed by atoms with Gasteiger partial charge in [-0.2, -0.15) is 4.98 Å². The van der Waals surface area contributed by atoms with Gasteiger partial charge in [0.15, 0.2) is 0 Å². The Morgan fingerprint density at radius 3 is 2.76 bits per heavy atom. The summed E-state index contributed by atoms with van der Waals surface area (Å²) in [5.41, 5.74) is 4.02. The molecule has 5 rings (SSSR count). The van der Waals surface area contributed by atoms with E-state index in [2.05, 4.69) is 4.98 Å². The SMILES string of the molecule is COC(=O)c1ccc(COc2ccc3c(c2)CCn2c-3cc(OCC3CCCO3)nc2=O)cc1. The number of carbonyl (C=O) groups excluding carboxylic acids is 1. The molecule has 0 saturated carbocycles. The quantitative estimate of drug-likeness (QED) is 0.497. The van der Waals surface area contributed by atoms with E-state index in [1.807, 2.05) is 36.4 Å². The number of hydrogen-bond donors (Lipinski definition) is 0. The number of ether oxygens (including phenoxy) is 4. The van der Waals surface area contributed by atoms with Crippen LogP contribution in [0.4, 0.5) is 0 Å². The fraction of sp³-hybridized carbons (Fsp3) is 0.346. The molecule has 8 nitrogen and oxygen atoms in total. The summed E-state index contributed by atoms with van der Waals surface area (Å²) in [6, 6.07) is 14.8. The van der Waals surface area contributed by atoms with Gasteiger partial charge in [0.1, 0.15) is 19.0 Å². The predicted octanol–water partition coefficient (Wildman–Crippen LogP) is 3.39. The second-order valence-electron chi connectivity index (χ2n) is 8.41. The number of fused-ring (bicyclic) bond motifs is 3. The number of benzene rings is 2. The summed E-state index contributed by atoms with van der Waals surface area (Å²) in [7, 11) is 1.36. The molecule has 8 heteroatoms. The number of hydrogen-bond acceptors (Lipinski definition) is 7. The number of carbonyl (C=O) groups is 1. The predicted molar refractivity (Wildman–Crippen MR) is 124 cm³/mol. The molecule has 1 saturated heterocycles. The van der Waals surface area contributed by atoms with E-state index in [4.69, 9.17) is 18.9 Å². The van der Waals surface area contributed by atoms with Crippen LogP contribution in [-0.2, 0) is 29.0 Å². The normalized spacial score (nSPS) is 16.4. The van der Waals surface area contributed by atoms with Crippen molar-refractivity contribution in [3.05, 3.63) is 75.7 Å². The van der Waals surface area contributed by atoms with E-state index in [1.165, 1.54) is 7.11 Å². The van der Waals surface area contributed by atoms with Crippen LogP contribution in [0.5, 0.6) is 11.6 Å². The van der Waals surface area contributed by atoms with Gasteiger partial charge in [0.25, 0.3) is 0 Å². The Hall–Kier alpha value is -3.65. The summed E-state index contributed by atoms with van der Waals surface area (Å²) < 4.78 is 23.8. The van der Waals surface area contributed by atoms with Gasteiger partial charge in [-0.25, -0.2) is 9.59 Å². The first-order valence-corrected chi connectivity index (χ1v) is 11.4. The molecule has 0 N–H and O–H groups in total. The number of methoxy groups -OCH3 is 1. The molecule has 3 heterocycles. The van der Waals surface area contributed by atoms with E-state index in [1.54, 1.807) is 16.7 Å². The lowest BCUT2D eigenvalue weighted by Crippen LogP contribution is -2.29. The number of aryl methyl sites for hydroxylation is 1. The number of esters is 1. The first kappa shape index (κ1) is 22.2. The number of aromatic nitrogens is 2. The van der Waals surface area contributed by atoms with Gasteiger partial charge in [-0.1, -0.05) is 12.1 Å². The molecule has 0 radical (unpaired) electrons. The first-order valence-electron chi connectivity index (χ1n) is 11.4. The molecule has 2 aliphatic heterocycles. The topological polar surface area (TPSA) is 88.9 Å². The maximum atomic E-state index is 12.6. The van der Waals surface area contributed by atoms with Crippen molar-refractivity contribution in [1.29, 1.82) is 0 Å². The van der Waals surface area contributed by atoms with E-state index in [0.29, 0.717) is 37.6 Å². The van der Waals surface area contributed by atoms with Crippen LogP contribution in [0.15, 0.2) is 53.3 Å². The van der Waals surface area contributed by atoms with Gasteiger partial charge < -0.3 is 18.9 Å². The van der Waals surface area contributed by atoms with Gasteiger partial charge in [-0.3, -0.25) is 4.57 Å². The summed E-state index contributed by atoms with van der Waals surface area (Å²) in [6.07, 6.45) is 2.77. The molecular formula is C26H26N2O6. The van der Waals surface area contributed by atoms with Crippen LogP contribution in [0.3, 0.4) is 0 Å². The van der Waals surface area contributed by atoms with Gasteiger partial charge in [0.05, 0.1) is 24.5 Å². The highest BCUT2D eigenvalue weighted by Crippen LogP contribution is 2.32. The smallest absolute Gasteiger partial charge is 0.351 e. The van der Waals surface area contributed by atoms with E-state index in [-0.39, 0.29) is 17.8 Å². The first-order chi connectivity index (χ1) is 16.6. The summed E-state index contributed by atoms with van der Waals surface area (Å²) in [5.74, 6) is 0.711. The van der Waals surface area contributed by atoms with Crippen molar-refractivity contribution in [3.63, 3.8) is 0 Å². The van der Waals surface area contributed by atoms with Gasteiger partial charge in [0.2, 0.25) is 5.88 Å². The average Bonchev–Trinajstić information content (AvgIpc) is 3.39. The number of rotatable bonds is 7. The lowest BCUT2D eigenvalue weighted by Gasteiger charge is -2.22. The van der Waals surface area contributed by atoms with Crippen LogP contribution in [0.25, 0.3) is 11.3 Å². The zero-order valence-corrected chi connectivity index (χ0v) is 19.0. The minimum Gasteiger partial charge on any atom is -0.489 e. The maximum absolute atomic E-state index is 12.6. The van der Waals surface area contributed by atoms with Crippen LogP contribution < -0.4 is 15.2 Å². The van der Waals surface area contributed by atoms with Crippen LogP contribution >= 0.6 is 0 Å². The third-order valence-electron chi connectivity index (χ3n) is 6.17. The fourth-order valence-electron chi connectivity index (χ4n) is 4.32. The van der Waals surface area contributed by atoms with E-state index in [0.717, 1.165) is 47.6 Å². The van der Waals surface area contributed by atoms with Gasteiger partial charge >= 0.3 is 11.7 Å². The molecule has 0 aliphatic carbocycles. The average molecular weight is 463 g/mol. The van der Waals surface area contributed by atoms with Crippen molar-refractivity contribution < 1.29 is 23.7 Å². The van der Waals surface area contributed by atoms with Gasteiger partial charge in [-0.05, 0) is 60.7 Å². The molecule has 2 aliphatic rings. The Kier molecular flexibility index (Phi) is 6.31. The van der Waals surface area contributed by atoms with Crippen molar-refractivity contribution in [1.82, 2.24) is 9.55 Å². The summed E-state index contributed by atoms with van der Waals surface area (Å²) in [5, 5.41) is 0. The van der Waals surface area contributed by atoms with Crippen molar-refractivity contribution in [2.24, 2.45) is 0 Å². The standard InChI is InChI=1S/C26H26N2O6/c1-31-25(29)18-6-4-17(5-7-18)15-33-20-8-9-22-19(13-20)10-11-28-23(22)14-24(27-26(28)30)34-16-21-3-2-12-32-21/h4-9,13-14,21H,2-3,10-12,15-16H2,1H3. The minimum absolute atomic E-state index is 0.0595. The van der Waals surface area contributed by atoms with Crippen LogP contribution in [0.2, 0.25) is 0 Å². The Balaban J connectivity index is 1.30. The second kappa shape index (κ2) is 9.69. The summed E-state index contributed by atoms with van der Waals surface area (Å²) in [6.45, 7) is 2.08. The molecule has 34 heavy (non-hydrogen) atoms. The van der Waals surface area contributed by atoms with Crippen LogP contribution in [0.1, 0.15) is 34.3 Å². The third kappa shape index (κ3) is 4.68. The molecule has 1 fully saturated rings. The van der Waals surface area contributed by atoms with Crippen molar-refractivity contribution in [3.8, 4) is 22.9 Å². The zero-order chi connectivity index (χ0) is 23.5. The van der Waals surface area contributed by atoms with Crippen molar-refractivity contribution in [2.75, 3.05) is 20.3 Å². The molecule has 176 valence electrons. The highest BCUT2D eigenvalue weighted by Gasteiger charge is 2.21. The Bertz CT molecular complexity index is 1250. The summed E-state index contributed by atoms with van der Waals surface area (Å²) >= 11 is 0. The molecule has 0 spiro atoms. The Labute approximate surface area is 197 Å². The highest BCUT2D eigenvalue weighted by molar-refractivity contribution is 5.89. The maximum Gasteiger partial charge on any atom is 0.351 e. The summed E-state index contributed by atoms with van der Waals surface area (Å²) in [4.78, 5) is 28.3. The van der Waals surface area contributed by atoms with E-state index < -0.39 is 0 Å². The van der Waals surface area contributed by atoms with Crippen LogP contribution in [-0.4, -0.2) is 41.9 Å². The Morgan fingerprint density at radius 1 is 1.15 bits per heavy atom. The second-order valence-corrected chi connectivity index (χ2v) is 8.41. The van der Waals surface area contributed by atoms with E-state index in [9.17, 15) is 9.59 Å². The molecule has 0 amide bonds. The highest BCUT2D eigenvalue weighted by atomic mass is 16.5. The van der Waals surface area contributed by atoms with Crippen molar-refractivity contribution in [2.45, 2.75) is 38.5 Å². The molecule has 1 atom stereocenters. The van der Waals surface area contributed by atoms with Gasteiger partial charge in [0, 0.05) is 24.8 Å². The monoisotopic (exact) mass is 462 g/mol. The Morgan fingerprint density at radius 2 is 2.00 bits per heavy atom. The molecular weight excluding hydrogens is 436 g/mol. The fourth-order valence-corrected chi connectivity index (χ4v) is 4.32. The number of nitrogens with zero attached hydrogens (tertiary/aromatic N) is 2. The van der Waals surface area contributed by atoms with E-state index >= 15 is 0 Å². The van der Waals surface area contributed by atoms with Crippen molar-refractivity contribution >= 4 is 5.97 Å². The minimum atomic E-state index is -0.364. The van der Waals surface area contributed by atoms with Gasteiger partial charge in [-0.15, -0.1) is 0 Å². The lowest BCUT2D eigenvalue weighted by molar-refractivity contribution is 0.0600. The zero-order valence-electron chi connectivity index (χ0n) is 19.0. The molecule has 1 unspecified atom stereocenters. The molecule has 3 aromatic rings.